The van der Waals surface area contributed by atoms with Crippen molar-refractivity contribution < 1.29 is 9.84 Å². The van der Waals surface area contributed by atoms with Gasteiger partial charge in [0.15, 0.2) is 0 Å². The van der Waals surface area contributed by atoms with E-state index in [2.05, 4.69) is 29.8 Å². The Labute approximate surface area is 122 Å². The molecule has 1 aliphatic rings. The molecule has 1 aromatic carbocycles. The van der Waals surface area contributed by atoms with Gasteiger partial charge in [0.25, 0.3) is 0 Å². The van der Waals surface area contributed by atoms with E-state index in [-0.39, 0.29) is 0 Å². The van der Waals surface area contributed by atoms with Crippen molar-refractivity contribution in [2.24, 2.45) is 0 Å². The Bertz CT molecular complexity index is 448. The molecule has 1 unspecified atom stereocenters. The Kier molecular flexibility index (Phi) is 4.89. The first-order valence-electron chi connectivity index (χ1n) is 7.38. The smallest absolute Gasteiger partial charge is 0.126 e. The maximum atomic E-state index is 10.1. The summed E-state index contributed by atoms with van der Waals surface area (Å²) < 4.78 is 5.42. The van der Waals surface area contributed by atoms with E-state index in [1.54, 1.807) is 14.0 Å². The van der Waals surface area contributed by atoms with Gasteiger partial charge in [0.05, 0.1) is 13.2 Å². The number of anilines is 1. The molecule has 0 saturated carbocycles. The minimum absolute atomic E-state index is 0.527. The molecule has 1 fully saturated rings. The van der Waals surface area contributed by atoms with Gasteiger partial charge in [0.1, 0.15) is 5.75 Å². The van der Waals surface area contributed by atoms with Gasteiger partial charge in [0, 0.05) is 36.9 Å². The lowest BCUT2D eigenvalue weighted by Crippen LogP contribution is -2.51. The van der Waals surface area contributed by atoms with Gasteiger partial charge in [-0.15, -0.1) is 0 Å². The van der Waals surface area contributed by atoms with Gasteiger partial charge in [-0.25, -0.2) is 0 Å². The molecule has 1 saturated heterocycles. The summed E-state index contributed by atoms with van der Waals surface area (Å²) in [4.78, 5) is 4.79. The van der Waals surface area contributed by atoms with Crippen LogP contribution >= 0.6 is 0 Å². The monoisotopic (exact) mass is 278 g/mol. The zero-order valence-electron chi connectivity index (χ0n) is 13.0. The Morgan fingerprint density at radius 3 is 2.75 bits per heavy atom. The van der Waals surface area contributed by atoms with Gasteiger partial charge in [-0.2, -0.15) is 0 Å². The summed E-state index contributed by atoms with van der Waals surface area (Å²) in [6.07, 6.45) is 0.613. The number of rotatable bonds is 4. The number of methoxy groups -OCH3 is 1. The molecule has 20 heavy (non-hydrogen) atoms. The van der Waals surface area contributed by atoms with Crippen molar-refractivity contribution in [1.29, 1.82) is 0 Å². The van der Waals surface area contributed by atoms with E-state index in [1.165, 1.54) is 0 Å². The molecular formula is C16H26N2O2. The number of benzene rings is 1. The number of piperazine rings is 1. The van der Waals surface area contributed by atoms with Crippen molar-refractivity contribution in [1.82, 2.24) is 4.90 Å². The third kappa shape index (κ3) is 2.91. The lowest BCUT2D eigenvalue weighted by molar-refractivity contribution is 0.191. The largest absolute Gasteiger partial charge is 0.496 e. The number of hydrogen-bond acceptors (Lipinski definition) is 4. The molecule has 0 aliphatic carbocycles. The van der Waals surface area contributed by atoms with Crippen LogP contribution in [0.25, 0.3) is 0 Å². The number of aliphatic hydroxyl groups excluding tert-OH is 1. The van der Waals surface area contributed by atoms with E-state index in [9.17, 15) is 5.11 Å². The molecule has 1 aromatic rings. The second kappa shape index (κ2) is 6.46. The molecule has 1 aliphatic heterocycles. The van der Waals surface area contributed by atoms with E-state index in [0.29, 0.717) is 6.04 Å². The van der Waals surface area contributed by atoms with Crippen LogP contribution in [-0.2, 0) is 0 Å². The van der Waals surface area contributed by atoms with Gasteiger partial charge in [-0.3, -0.25) is 4.90 Å². The molecule has 112 valence electrons. The normalized spacial score (nSPS) is 21.9. The van der Waals surface area contributed by atoms with Crippen LogP contribution in [0.1, 0.15) is 31.9 Å². The third-order valence-electron chi connectivity index (χ3n) is 4.27. The summed E-state index contributed by atoms with van der Waals surface area (Å²) >= 11 is 0. The Hall–Kier alpha value is -1.26. The van der Waals surface area contributed by atoms with Crippen LogP contribution in [-0.4, -0.2) is 49.8 Å². The fourth-order valence-electron chi connectivity index (χ4n) is 3.01. The van der Waals surface area contributed by atoms with Gasteiger partial charge < -0.3 is 14.7 Å². The summed E-state index contributed by atoms with van der Waals surface area (Å²) in [5.41, 5.74) is 2.00. The number of hydrogen-bond donors (Lipinski definition) is 1. The molecular weight excluding hydrogens is 252 g/mol. The maximum Gasteiger partial charge on any atom is 0.126 e. The first-order chi connectivity index (χ1) is 9.58. The van der Waals surface area contributed by atoms with Crippen LogP contribution in [0.2, 0.25) is 0 Å². The molecule has 0 radical (unpaired) electrons. The van der Waals surface area contributed by atoms with Crippen LogP contribution in [0.5, 0.6) is 5.75 Å². The maximum absolute atomic E-state index is 10.1. The molecule has 0 aromatic heterocycles. The predicted octanol–water partition coefficient (Wildman–Crippen LogP) is 2.28. The molecule has 0 amide bonds. The summed E-state index contributed by atoms with van der Waals surface area (Å²) in [5.74, 6) is 0.768. The Balaban J connectivity index is 2.32. The van der Waals surface area contributed by atoms with Crippen molar-refractivity contribution in [2.45, 2.75) is 32.4 Å². The quantitative estimate of drug-likeness (QED) is 0.916. The highest BCUT2D eigenvalue weighted by molar-refractivity contribution is 5.60. The third-order valence-corrected chi connectivity index (χ3v) is 4.27. The minimum atomic E-state index is -0.527. The molecule has 4 heteroatoms. The molecule has 4 nitrogen and oxygen atoms in total. The second-order valence-corrected chi connectivity index (χ2v) is 5.56. The van der Waals surface area contributed by atoms with Crippen molar-refractivity contribution >= 4 is 5.69 Å². The van der Waals surface area contributed by atoms with E-state index in [0.717, 1.165) is 43.1 Å². The number of aliphatic hydroxyl groups is 1. The second-order valence-electron chi connectivity index (χ2n) is 5.56. The predicted molar refractivity (Wildman–Crippen MR) is 82.5 cm³/mol. The van der Waals surface area contributed by atoms with Crippen LogP contribution in [0.15, 0.2) is 18.2 Å². The van der Waals surface area contributed by atoms with Crippen molar-refractivity contribution in [3.05, 3.63) is 23.8 Å². The lowest BCUT2D eigenvalue weighted by Gasteiger charge is -2.41. The fraction of sp³-hybridized carbons (Fsp3) is 0.625. The minimum Gasteiger partial charge on any atom is -0.496 e. The average molecular weight is 278 g/mol. The molecule has 0 spiro atoms. The standard InChI is InChI=1S/C16H26N2O2/c1-5-13-11-18(10-9-17(13)3)14-7-6-8-15(20-4)16(14)12(2)19/h6-8,12-13,19H,5,9-11H2,1-4H3/t12-,13?/m1/s1. The first-order valence-corrected chi connectivity index (χ1v) is 7.38. The van der Waals surface area contributed by atoms with Crippen molar-refractivity contribution in [3.63, 3.8) is 0 Å². The number of nitrogens with zero attached hydrogens (tertiary/aromatic N) is 2. The van der Waals surface area contributed by atoms with Crippen LogP contribution in [0.4, 0.5) is 5.69 Å². The number of likely N-dealkylation sites (N-methyl/N-ethyl adjacent to an activating group) is 1. The van der Waals surface area contributed by atoms with Crippen LogP contribution in [0, 0.1) is 0 Å². The van der Waals surface area contributed by atoms with Gasteiger partial charge in [0.2, 0.25) is 0 Å². The highest BCUT2D eigenvalue weighted by atomic mass is 16.5. The van der Waals surface area contributed by atoms with Crippen LogP contribution in [0.3, 0.4) is 0 Å². The molecule has 1 N–H and O–H groups in total. The number of ether oxygens (including phenoxy) is 1. The first kappa shape index (κ1) is 15.1. The van der Waals surface area contributed by atoms with E-state index < -0.39 is 6.10 Å². The fourth-order valence-corrected chi connectivity index (χ4v) is 3.01. The van der Waals surface area contributed by atoms with E-state index in [4.69, 9.17) is 4.74 Å². The van der Waals surface area contributed by atoms with E-state index in [1.807, 2.05) is 12.1 Å². The average Bonchev–Trinajstić information content (AvgIpc) is 2.46. The molecule has 2 rings (SSSR count). The highest BCUT2D eigenvalue weighted by Crippen LogP contribution is 2.35. The zero-order chi connectivity index (χ0) is 14.7. The molecule has 1 heterocycles. The van der Waals surface area contributed by atoms with Crippen molar-refractivity contribution in [3.8, 4) is 5.75 Å². The van der Waals surface area contributed by atoms with Gasteiger partial charge in [-0.05, 0) is 32.5 Å². The summed E-state index contributed by atoms with van der Waals surface area (Å²) in [6, 6.07) is 6.57. The Morgan fingerprint density at radius 1 is 1.40 bits per heavy atom. The molecule has 2 atom stereocenters. The lowest BCUT2D eigenvalue weighted by atomic mass is 10.0. The van der Waals surface area contributed by atoms with Crippen molar-refractivity contribution in [2.75, 3.05) is 38.7 Å². The zero-order valence-corrected chi connectivity index (χ0v) is 13.0. The Morgan fingerprint density at radius 2 is 2.15 bits per heavy atom. The van der Waals surface area contributed by atoms with Gasteiger partial charge in [-0.1, -0.05) is 13.0 Å². The summed E-state index contributed by atoms with van der Waals surface area (Å²) in [6.45, 7) is 7.06. The topological polar surface area (TPSA) is 35.9 Å². The highest BCUT2D eigenvalue weighted by Gasteiger charge is 2.26. The van der Waals surface area contributed by atoms with Gasteiger partial charge >= 0.3 is 0 Å². The SMILES string of the molecule is CCC1CN(c2cccc(OC)c2[C@@H](C)O)CCN1C. The van der Waals surface area contributed by atoms with Crippen LogP contribution < -0.4 is 9.64 Å². The molecule has 0 bridgehead atoms. The summed E-state index contributed by atoms with van der Waals surface area (Å²) in [5, 5.41) is 10.1. The summed E-state index contributed by atoms with van der Waals surface area (Å²) in [7, 11) is 3.84. The van der Waals surface area contributed by atoms with E-state index >= 15 is 0 Å².